The van der Waals surface area contributed by atoms with Crippen molar-refractivity contribution in [3.05, 3.63) is 63.6 Å². The minimum atomic E-state index is -0.179. The molecule has 3 rings (SSSR count). The van der Waals surface area contributed by atoms with Gasteiger partial charge < -0.3 is 11.1 Å². The summed E-state index contributed by atoms with van der Waals surface area (Å²) in [6.07, 6.45) is 8.90. The monoisotopic (exact) mass is 355 g/mol. The van der Waals surface area contributed by atoms with Gasteiger partial charge in [0.25, 0.3) is 5.91 Å². The molecule has 1 aromatic carbocycles. The van der Waals surface area contributed by atoms with Gasteiger partial charge in [0.15, 0.2) is 0 Å². The summed E-state index contributed by atoms with van der Waals surface area (Å²) < 4.78 is 0. The fraction of sp³-hybridized carbons (Fsp3) is 0.400. The highest BCUT2D eigenvalue weighted by Gasteiger charge is 2.15. The molecule has 1 aromatic heterocycles. The largest absolute Gasteiger partial charge is 0.350 e. The number of hydrogen-bond acceptors (Lipinski definition) is 4. The SMILES string of the molecule is NC(Cc1ccccc1)c1nc(C(=O)NCCC2=CCCCC2)cs1. The molecule has 5 heteroatoms. The number of nitrogens with two attached hydrogens (primary N) is 1. The Kier molecular flexibility index (Phi) is 6.36. The number of hydrogen-bond donors (Lipinski definition) is 2. The van der Waals surface area contributed by atoms with Crippen LogP contribution < -0.4 is 11.1 Å². The van der Waals surface area contributed by atoms with Gasteiger partial charge in [-0.3, -0.25) is 4.79 Å². The zero-order valence-corrected chi connectivity index (χ0v) is 15.2. The van der Waals surface area contributed by atoms with Gasteiger partial charge in [-0.25, -0.2) is 4.98 Å². The van der Waals surface area contributed by atoms with E-state index in [1.165, 1.54) is 48.2 Å². The molecule has 3 N–H and O–H groups in total. The van der Waals surface area contributed by atoms with Crippen molar-refractivity contribution in [3.8, 4) is 0 Å². The summed E-state index contributed by atoms with van der Waals surface area (Å²) in [6, 6.07) is 9.93. The van der Waals surface area contributed by atoms with Gasteiger partial charge in [-0.05, 0) is 44.1 Å². The van der Waals surface area contributed by atoms with Gasteiger partial charge in [0.05, 0.1) is 6.04 Å². The fourth-order valence-corrected chi connectivity index (χ4v) is 3.88. The molecule has 1 amide bonds. The second-order valence-electron chi connectivity index (χ2n) is 6.48. The molecular formula is C20H25N3OS. The molecule has 132 valence electrons. The molecular weight excluding hydrogens is 330 g/mol. The highest BCUT2D eigenvalue weighted by Crippen LogP contribution is 2.21. The van der Waals surface area contributed by atoms with Gasteiger partial charge in [0.2, 0.25) is 0 Å². The van der Waals surface area contributed by atoms with E-state index < -0.39 is 0 Å². The minimum absolute atomic E-state index is 0.106. The summed E-state index contributed by atoms with van der Waals surface area (Å²) in [5.74, 6) is -0.106. The van der Waals surface area contributed by atoms with E-state index in [1.54, 1.807) is 5.38 Å². The van der Waals surface area contributed by atoms with Crippen molar-refractivity contribution < 1.29 is 4.79 Å². The first-order valence-electron chi connectivity index (χ1n) is 8.93. The lowest BCUT2D eigenvalue weighted by molar-refractivity contribution is 0.0949. The van der Waals surface area contributed by atoms with Crippen LogP contribution in [0.4, 0.5) is 0 Å². The first kappa shape index (κ1) is 17.8. The Morgan fingerprint density at radius 2 is 2.12 bits per heavy atom. The highest BCUT2D eigenvalue weighted by atomic mass is 32.1. The Morgan fingerprint density at radius 1 is 1.28 bits per heavy atom. The van der Waals surface area contributed by atoms with Gasteiger partial charge >= 0.3 is 0 Å². The molecule has 0 spiro atoms. The molecule has 0 aliphatic heterocycles. The van der Waals surface area contributed by atoms with Crippen molar-refractivity contribution >= 4 is 17.2 Å². The van der Waals surface area contributed by atoms with Crippen LogP contribution in [-0.2, 0) is 6.42 Å². The Balaban J connectivity index is 1.49. The zero-order valence-electron chi connectivity index (χ0n) is 14.4. The molecule has 0 saturated heterocycles. The van der Waals surface area contributed by atoms with E-state index in [2.05, 4.69) is 28.5 Å². The highest BCUT2D eigenvalue weighted by molar-refractivity contribution is 7.09. The summed E-state index contributed by atoms with van der Waals surface area (Å²) in [5, 5.41) is 5.58. The van der Waals surface area contributed by atoms with Gasteiger partial charge in [-0.15, -0.1) is 11.3 Å². The maximum Gasteiger partial charge on any atom is 0.270 e. The molecule has 1 atom stereocenters. The molecule has 0 radical (unpaired) electrons. The predicted octanol–water partition coefficient (Wildman–Crippen LogP) is 4.01. The molecule has 2 aromatic rings. The number of amides is 1. The van der Waals surface area contributed by atoms with Crippen LogP contribution in [0.15, 0.2) is 47.4 Å². The quantitative estimate of drug-likeness (QED) is 0.738. The van der Waals surface area contributed by atoms with Gasteiger partial charge in [0.1, 0.15) is 10.7 Å². The molecule has 0 saturated carbocycles. The van der Waals surface area contributed by atoms with Crippen LogP contribution in [0.3, 0.4) is 0 Å². The van der Waals surface area contributed by atoms with Crippen LogP contribution in [0.25, 0.3) is 0 Å². The van der Waals surface area contributed by atoms with Gasteiger partial charge in [0, 0.05) is 11.9 Å². The first-order valence-corrected chi connectivity index (χ1v) is 9.81. The lowest BCUT2D eigenvalue weighted by Gasteiger charge is -2.12. The average molecular weight is 356 g/mol. The Hall–Kier alpha value is -1.98. The van der Waals surface area contributed by atoms with E-state index in [4.69, 9.17) is 5.73 Å². The van der Waals surface area contributed by atoms with E-state index >= 15 is 0 Å². The number of thiazole rings is 1. The Morgan fingerprint density at radius 3 is 2.88 bits per heavy atom. The maximum atomic E-state index is 12.3. The fourth-order valence-electron chi connectivity index (χ4n) is 3.08. The van der Waals surface area contributed by atoms with Crippen LogP contribution in [0.2, 0.25) is 0 Å². The number of aromatic nitrogens is 1. The van der Waals surface area contributed by atoms with E-state index in [1.807, 2.05) is 18.2 Å². The van der Waals surface area contributed by atoms with Crippen molar-refractivity contribution in [2.75, 3.05) is 6.54 Å². The number of nitrogens with zero attached hydrogens (tertiary/aromatic N) is 1. The molecule has 0 bridgehead atoms. The average Bonchev–Trinajstić information content (AvgIpc) is 3.14. The van der Waals surface area contributed by atoms with E-state index in [9.17, 15) is 4.79 Å². The summed E-state index contributed by atoms with van der Waals surface area (Å²) in [6.45, 7) is 0.674. The van der Waals surface area contributed by atoms with Crippen molar-refractivity contribution in [2.45, 2.75) is 44.6 Å². The molecule has 25 heavy (non-hydrogen) atoms. The van der Waals surface area contributed by atoms with Crippen LogP contribution in [-0.4, -0.2) is 17.4 Å². The van der Waals surface area contributed by atoms with Gasteiger partial charge in [-0.2, -0.15) is 0 Å². The van der Waals surface area contributed by atoms with E-state index in [0.29, 0.717) is 12.2 Å². The van der Waals surface area contributed by atoms with Crippen molar-refractivity contribution in [3.63, 3.8) is 0 Å². The molecule has 1 unspecified atom stereocenters. The third-order valence-electron chi connectivity index (χ3n) is 4.49. The van der Waals surface area contributed by atoms with Crippen LogP contribution in [0, 0.1) is 0 Å². The molecule has 4 nitrogen and oxygen atoms in total. The van der Waals surface area contributed by atoms with Crippen molar-refractivity contribution in [1.82, 2.24) is 10.3 Å². The smallest absolute Gasteiger partial charge is 0.270 e. The molecule has 1 aliphatic rings. The van der Waals surface area contributed by atoms with E-state index in [0.717, 1.165) is 17.8 Å². The summed E-state index contributed by atoms with van der Waals surface area (Å²) >= 11 is 1.46. The number of carbonyl (C=O) groups is 1. The maximum absolute atomic E-state index is 12.3. The number of benzene rings is 1. The molecule has 1 heterocycles. The lowest BCUT2D eigenvalue weighted by atomic mass is 9.97. The summed E-state index contributed by atoms with van der Waals surface area (Å²) in [4.78, 5) is 16.7. The van der Waals surface area contributed by atoms with Gasteiger partial charge in [-0.1, -0.05) is 42.0 Å². The van der Waals surface area contributed by atoms with E-state index in [-0.39, 0.29) is 11.9 Å². The summed E-state index contributed by atoms with van der Waals surface area (Å²) in [5.41, 5.74) is 9.37. The molecule has 1 aliphatic carbocycles. The number of carbonyl (C=O) groups excluding carboxylic acids is 1. The standard InChI is InChI=1S/C20H25N3OS/c21-17(13-16-9-5-2-6-10-16)20-23-18(14-25-20)19(24)22-12-11-15-7-3-1-4-8-15/h2,5-7,9-10,14,17H,1,3-4,8,11-13,21H2,(H,22,24). The predicted molar refractivity (Wildman–Crippen MR) is 103 cm³/mol. The first-order chi connectivity index (χ1) is 12.2. The van der Waals surface area contributed by atoms with Crippen molar-refractivity contribution in [1.29, 1.82) is 0 Å². The number of rotatable bonds is 7. The second kappa shape index (κ2) is 8.92. The lowest BCUT2D eigenvalue weighted by Crippen LogP contribution is -2.25. The molecule has 0 fully saturated rings. The minimum Gasteiger partial charge on any atom is -0.350 e. The number of allylic oxidation sites excluding steroid dienone is 1. The zero-order chi connectivity index (χ0) is 17.5. The Bertz CT molecular complexity index is 724. The Labute approximate surface area is 153 Å². The second-order valence-corrected chi connectivity index (χ2v) is 7.37. The van der Waals surface area contributed by atoms with Crippen molar-refractivity contribution in [2.24, 2.45) is 5.73 Å². The number of nitrogens with one attached hydrogen (secondary N) is 1. The third-order valence-corrected chi connectivity index (χ3v) is 5.46. The van der Waals surface area contributed by atoms with Crippen LogP contribution >= 0.6 is 11.3 Å². The van der Waals surface area contributed by atoms with Crippen LogP contribution in [0.5, 0.6) is 0 Å². The van der Waals surface area contributed by atoms with Crippen LogP contribution in [0.1, 0.15) is 59.2 Å². The summed E-state index contributed by atoms with van der Waals surface area (Å²) in [7, 11) is 0. The third kappa shape index (κ3) is 5.25. The topological polar surface area (TPSA) is 68.0 Å². The normalized spacial score (nSPS) is 15.5.